The highest BCUT2D eigenvalue weighted by Gasteiger charge is 2.14. The van der Waals surface area contributed by atoms with Crippen LogP contribution in [0.4, 0.5) is 14.5 Å². The van der Waals surface area contributed by atoms with Crippen LogP contribution in [0.25, 0.3) is 11.0 Å². The number of nitrogens with zero attached hydrogens (tertiary/aromatic N) is 2. The third-order valence-electron chi connectivity index (χ3n) is 4.37. The third-order valence-corrected chi connectivity index (χ3v) is 5.34. The summed E-state index contributed by atoms with van der Waals surface area (Å²) in [5.74, 6) is -0.751. The number of thioether (sulfide) groups is 1. The van der Waals surface area contributed by atoms with Crippen molar-refractivity contribution in [2.24, 2.45) is 0 Å². The number of hydrogen-bond donors (Lipinski definition) is 1. The molecular weight excluding hydrogens is 392 g/mol. The second kappa shape index (κ2) is 8.45. The van der Waals surface area contributed by atoms with Gasteiger partial charge in [-0.3, -0.25) is 4.79 Å². The van der Waals surface area contributed by atoms with E-state index in [0.717, 1.165) is 11.0 Å². The standard InChI is InChI=1S/C22H17F2N3OS/c23-16-9-11-17(12-10-16)25-21(28)14-29-22-26-19-7-3-4-8-20(19)27(22)13-15-5-1-2-6-18(15)24/h1-12H,13-14H2,(H,25,28). The highest BCUT2D eigenvalue weighted by atomic mass is 32.2. The van der Waals surface area contributed by atoms with Gasteiger partial charge in [-0.15, -0.1) is 0 Å². The molecule has 1 aromatic heterocycles. The highest BCUT2D eigenvalue weighted by molar-refractivity contribution is 7.99. The molecule has 0 aliphatic heterocycles. The lowest BCUT2D eigenvalue weighted by Gasteiger charge is -2.10. The van der Waals surface area contributed by atoms with Crippen molar-refractivity contribution < 1.29 is 13.6 Å². The number of rotatable bonds is 6. The lowest BCUT2D eigenvalue weighted by Crippen LogP contribution is -2.14. The molecule has 29 heavy (non-hydrogen) atoms. The van der Waals surface area contributed by atoms with Gasteiger partial charge in [0.15, 0.2) is 5.16 Å². The lowest BCUT2D eigenvalue weighted by molar-refractivity contribution is -0.113. The van der Waals surface area contributed by atoms with Gasteiger partial charge < -0.3 is 9.88 Å². The minimum absolute atomic E-state index is 0.123. The molecule has 0 bridgehead atoms. The molecular formula is C22H17F2N3OS. The van der Waals surface area contributed by atoms with Gasteiger partial charge in [0.1, 0.15) is 11.6 Å². The van der Waals surface area contributed by atoms with Crippen LogP contribution in [0.3, 0.4) is 0 Å². The van der Waals surface area contributed by atoms with E-state index < -0.39 is 0 Å². The van der Waals surface area contributed by atoms with E-state index in [1.165, 1.54) is 42.1 Å². The summed E-state index contributed by atoms with van der Waals surface area (Å²) in [5, 5.41) is 3.36. The van der Waals surface area contributed by atoms with Gasteiger partial charge in [0.05, 0.1) is 23.3 Å². The largest absolute Gasteiger partial charge is 0.325 e. The van der Waals surface area contributed by atoms with Crippen LogP contribution in [0.15, 0.2) is 78.0 Å². The fourth-order valence-corrected chi connectivity index (χ4v) is 3.79. The Morgan fingerprint density at radius 1 is 0.966 bits per heavy atom. The maximum Gasteiger partial charge on any atom is 0.234 e. The van der Waals surface area contributed by atoms with Crippen molar-refractivity contribution in [1.29, 1.82) is 0 Å². The van der Waals surface area contributed by atoms with Crippen molar-refractivity contribution in [1.82, 2.24) is 9.55 Å². The van der Waals surface area contributed by atoms with Crippen molar-refractivity contribution in [3.8, 4) is 0 Å². The molecule has 0 aliphatic carbocycles. The van der Waals surface area contributed by atoms with Gasteiger partial charge in [-0.1, -0.05) is 42.1 Å². The molecule has 4 aromatic rings. The van der Waals surface area contributed by atoms with Crippen LogP contribution >= 0.6 is 11.8 Å². The summed E-state index contributed by atoms with van der Waals surface area (Å²) in [6.07, 6.45) is 0. The average molecular weight is 409 g/mol. The van der Waals surface area contributed by atoms with Crippen LogP contribution in [0.2, 0.25) is 0 Å². The zero-order valence-electron chi connectivity index (χ0n) is 15.3. The van der Waals surface area contributed by atoms with E-state index >= 15 is 0 Å². The zero-order valence-corrected chi connectivity index (χ0v) is 16.1. The number of fused-ring (bicyclic) bond motifs is 1. The Morgan fingerprint density at radius 3 is 2.48 bits per heavy atom. The van der Waals surface area contributed by atoms with E-state index in [2.05, 4.69) is 10.3 Å². The van der Waals surface area contributed by atoms with Crippen LogP contribution in [0.5, 0.6) is 0 Å². The number of halogens is 2. The number of hydrogen-bond acceptors (Lipinski definition) is 3. The van der Waals surface area contributed by atoms with Gasteiger partial charge in [-0.25, -0.2) is 13.8 Å². The smallest absolute Gasteiger partial charge is 0.234 e. The summed E-state index contributed by atoms with van der Waals surface area (Å²) in [4.78, 5) is 16.9. The fraction of sp³-hybridized carbons (Fsp3) is 0.0909. The molecule has 146 valence electrons. The van der Waals surface area contributed by atoms with Crippen molar-refractivity contribution >= 4 is 34.4 Å². The number of benzene rings is 3. The molecule has 4 nitrogen and oxygen atoms in total. The van der Waals surface area contributed by atoms with E-state index in [4.69, 9.17) is 0 Å². The molecule has 1 amide bonds. The predicted octanol–water partition coefficient (Wildman–Crippen LogP) is 5.09. The minimum atomic E-state index is -0.362. The van der Waals surface area contributed by atoms with Gasteiger partial charge in [0.2, 0.25) is 5.91 Å². The first kappa shape index (κ1) is 19.1. The van der Waals surface area contributed by atoms with Crippen LogP contribution < -0.4 is 5.32 Å². The van der Waals surface area contributed by atoms with E-state index in [-0.39, 0.29) is 23.3 Å². The molecule has 3 aromatic carbocycles. The molecule has 1 heterocycles. The quantitative estimate of drug-likeness (QED) is 0.451. The summed E-state index contributed by atoms with van der Waals surface area (Å²) < 4.78 is 29.1. The fourth-order valence-electron chi connectivity index (χ4n) is 2.97. The first-order chi connectivity index (χ1) is 14.1. The number of amides is 1. The van der Waals surface area contributed by atoms with Gasteiger partial charge in [-0.05, 0) is 42.5 Å². The second-order valence-electron chi connectivity index (χ2n) is 6.40. The molecule has 0 fully saturated rings. The average Bonchev–Trinajstić information content (AvgIpc) is 3.07. The number of carbonyl (C=O) groups excluding carboxylic acids is 1. The number of aromatic nitrogens is 2. The maximum absolute atomic E-state index is 14.2. The Balaban J connectivity index is 1.54. The molecule has 0 unspecified atom stereocenters. The molecule has 0 saturated carbocycles. The topological polar surface area (TPSA) is 46.9 Å². The number of para-hydroxylation sites is 2. The summed E-state index contributed by atoms with van der Waals surface area (Å²) >= 11 is 1.27. The molecule has 0 saturated heterocycles. The molecule has 0 aliphatic rings. The maximum atomic E-state index is 14.2. The predicted molar refractivity (Wildman–Crippen MR) is 111 cm³/mol. The third kappa shape index (κ3) is 4.46. The Kier molecular flexibility index (Phi) is 5.57. The Morgan fingerprint density at radius 2 is 1.69 bits per heavy atom. The molecule has 4 rings (SSSR count). The van der Waals surface area contributed by atoms with Crippen molar-refractivity contribution in [3.63, 3.8) is 0 Å². The molecule has 7 heteroatoms. The van der Waals surface area contributed by atoms with E-state index in [1.807, 2.05) is 28.8 Å². The number of anilines is 1. The summed E-state index contributed by atoms with van der Waals surface area (Å²) in [6, 6.07) is 19.8. The summed E-state index contributed by atoms with van der Waals surface area (Å²) in [7, 11) is 0. The minimum Gasteiger partial charge on any atom is -0.325 e. The van der Waals surface area contributed by atoms with Crippen molar-refractivity contribution in [2.75, 3.05) is 11.1 Å². The first-order valence-corrected chi connectivity index (χ1v) is 9.95. The molecule has 1 N–H and O–H groups in total. The van der Waals surface area contributed by atoms with Gasteiger partial charge in [-0.2, -0.15) is 0 Å². The highest BCUT2D eigenvalue weighted by Crippen LogP contribution is 2.26. The molecule has 0 radical (unpaired) electrons. The second-order valence-corrected chi connectivity index (χ2v) is 7.35. The SMILES string of the molecule is O=C(CSc1nc2ccccc2n1Cc1ccccc1F)Nc1ccc(F)cc1. The zero-order chi connectivity index (χ0) is 20.2. The van der Waals surface area contributed by atoms with Gasteiger partial charge in [0.25, 0.3) is 0 Å². The Hall–Kier alpha value is -3.19. The van der Waals surface area contributed by atoms with E-state index in [1.54, 1.807) is 18.2 Å². The molecule has 0 atom stereocenters. The summed E-state index contributed by atoms with van der Waals surface area (Å²) in [6.45, 7) is 0.315. The van der Waals surface area contributed by atoms with Gasteiger partial charge in [0, 0.05) is 11.3 Å². The summed E-state index contributed by atoms with van der Waals surface area (Å²) in [5.41, 5.74) is 2.73. The van der Waals surface area contributed by atoms with Crippen LogP contribution in [-0.2, 0) is 11.3 Å². The molecule has 0 spiro atoms. The van der Waals surface area contributed by atoms with Crippen molar-refractivity contribution in [3.05, 3.63) is 90.0 Å². The van der Waals surface area contributed by atoms with Crippen molar-refractivity contribution in [2.45, 2.75) is 11.7 Å². The Bertz CT molecular complexity index is 1160. The van der Waals surface area contributed by atoms with Crippen LogP contribution in [0.1, 0.15) is 5.56 Å². The van der Waals surface area contributed by atoms with Crippen LogP contribution in [-0.4, -0.2) is 21.2 Å². The Labute approximate surface area is 170 Å². The first-order valence-electron chi connectivity index (χ1n) is 8.97. The monoisotopic (exact) mass is 409 g/mol. The van der Waals surface area contributed by atoms with Crippen LogP contribution in [0, 0.1) is 11.6 Å². The van der Waals surface area contributed by atoms with E-state index in [0.29, 0.717) is 23.0 Å². The normalized spacial score (nSPS) is 11.0. The van der Waals surface area contributed by atoms with E-state index in [9.17, 15) is 13.6 Å². The van der Waals surface area contributed by atoms with Gasteiger partial charge >= 0.3 is 0 Å². The lowest BCUT2D eigenvalue weighted by atomic mass is 10.2. The number of nitrogens with one attached hydrogen (secondary N) is 1. The number of imidazole rings is 1. The number of carbonyl (C=O) groups is 1.